The third-order valence-corrected chi connectivity index (χ3v) is 6.61. The SMILES string of the molecule is CONC(=O)Nc1nn(C)cc1-c1ccc2ncc(-c3cc(C)cc(F)c3)c(N3CCC(N)CC3)c2c1. The van der Waals surface area contributed by atoms with Crippen molar-refractivity contribution in [3.05, 3.63) is 60.2 Å². The molecule has 0 radical (unpaired) electrons. The summed E-state index contributed by atoms with van der Waals surface area (Å²) in [5, 5.41) is 8.06. The molecule has 2 amide bonds. The van der Waals surface area contributed by atoms with Crippen LogP contribution in [0.2, 0.25) is 0 Å². The molecule has 4 aromatic rings. The number of urea groups is 1. The Bertz CT molecular complexity index is 1440. The molecule has 1 aliphatic heterocycles. The second-order valence-corrected chi connectivity index (χ2v) is 9.42. The van der Waals surface area contributed by atoms with E-state index in [1.54, 1.807) is 17.8 Å². The summed E-state index contributed by atoms with van der Waals surface area (Å²) in [4.78, 5) is 23.9. The number of fused-ring (bicyclic) bond motifs is 1. The van der Waals surface area contributed by atoms with Gasteiger partial charge in [-0.3, -0.25) is 19.8 Å². The first-order chi connectivity index (χ1) is 17.8. The summed E-state index contributed by atoms with van der Waals surface area (Å²) < 4.78 is 16.1. The van der Waals surface area contributed by atoms with Crippen molar-refractivity contribution in [2.24, 2.45) is 12.8 Å². The molecule has 0 bridgehead atoms. The second-order valence-electron chi connectivity index (χ2n) is 9.42. The minimum atomic E-state index is -0.529. The lowest BCUT2D eigenvalue weighted by Gasteiger charge is -2.34. The smallest absolute Gasteiger partial charge is 0.344 e. The van der Waals surface area contributed by atoms with E-state index in [1.807, 2.05) is 37.5 Å². The summed E-state index contributed by atoms with van der Waals surface area (Å²) in [5.41, 5.74) is 14.4. The molecule has 2 aromatic heterocycles. The van der Waals surface area contributed by atoms with Crippen LogP contribution in [0, 0.1) is 12.7 Å². The molecule has 4 N–H and O–H groups in total. The van der Waals surface area contributed by atoms with Gasteiger partial charge in [0.1, 0.15) is 5.82 Å². The number of rotatable bonds is 5. The molecule has 37 heavy (non-hydrogen) atoms. The van der Waals surface area contributed by atoms with Gasteiger partial charge in [-0.1, -0.05) is 12.1 Å². The van der Waals surface area contributed by atoms with Crippen LogP contribution in [0.25, 0.3) is 33.2 Å². The number of aromatic nitrogens is 3. The van der Waals surface area contributed by atoms with Gasteiger partial charge in [-0.05, 0) is 60.7 Å². The van der Waals surface area contributed by atoms with Crippen molar-refractivity contribution in [1.82, 2.24) is 20.2 Å². The van der Waals surface area contributed by atoms with E-state index in [2.05, 4.69) is 26.9 Å². The highest BCUT2D eigenvalue weighted by Gasteiger charge is 2.23. The molecule has 3 heterocycles. The van der Waals surface area contributed by atoms with Crippen molar-refractivity contribution >= 4 is 28.4 Å². The highest BCUT2D eigenvalue weighted by Crippen LogP contribution is 2.40. The predicted molar refractivity (Wildman–Crippen MR) is 143 cm³/mol. The predicted octanol–water partition coefficient (Wildman–Crippen LogP) is 4.36. The Labute approximate surface area is 214 Å². The number of halogens is 1. The summed E-state index contributed by atoms with van der Waals surface area (Å²) >= 11 is 0. The van der Waals surface area contributed by atoms with Crippen molar-refractivity contribution in [2.45, 2.75) is 25.8 Å². The number of carbonyl (C=O) groups is 1. The molecular weight excluding hydrogens is 473 g/mol. The van der Waals surface area contributed by atoms with E-state index in [0.29, 0.717) is 5.82 Å². The zero-order chi connectivity index (χ0) is 26.1. The number of amides is 2. The van der Waals surface area contributed by atoms with E-state index in [0.717, 1.165) is 70.3 Å². The maximum atomic E-state index is 14.4. The van der Waals surface area contributed by atoms with Gasteiger partial charge in [-0.25, -0.2) is 14.7 Å². The van der Waals surface area contributed by atoms with Crippen LogP contribution in [0.5, 0.6) is 0 Å². The second kappa shape index (κ2) is 10.2. The number of piperidine rings is 1. The Morgan fingerprint density at radius 2 is 1.92 bits per heavy atom. The van der Waals surface area contributed by atoms with Gasteiger partial charge in [-0.15, -0.1) is 0 Å². The van der Waals surface area contributed by atoms with E-state index in [4.69, 9.17) is 15.6 Å². The van der Waals surface area contributed by atoms with Gasteiger partial charge in [0.2, 0.25) is 0 Å². The molecular formula is C27H30FN7O2. The Balaban J connectivity index is 1.68. The lowest BCUT2D eigenvalue weighted by molar-refractivity contribution is 0.114. The third kappa shape index (κ3) is 5.11. The molecule has 1 aliphatic rings. The fourth-order valence-corrected chi connectivity index (χ4v) is 4.93. The third-order valence-electron chi connectivity index (χ3n) is 6.61. The van der Waals surface area contributed by atoms with Crippen LogP contribution in [-0.2, 0) is 11.9 Å². The fourth-order valence-electron chi connectivity index (χ4n) is 4.93. The maximum absolute atomic E-state index is 14.4. The topological polar surface area (TPSA) is 110 Å². The number of hydrogen-bond donors (Lipinski definition) is 3. The Morgan fingerprint density at radius 3 is 2.65 bits per heavy atom. The minimum absolute atomic E-state index is 0.169. The molecule has 2 aromatic carbocycles. The number of nitrogens with zero attached hydrogens (tertiary/aromatic N) is 4. The summed E-state index contributed by atoms with van der Waals surface area (Å²) in [6.45, 7) is 3.47. The molecule has 192 valence electrons. The lowest BCUT2D eigenvalue weighted by atomic mass is 9.96. The number of pyridine rings is 1. The van der Waals surface area contributed by atoms with E-state index in [9.17, 15) is 9.18 Å². The van der Waals surface area contributed by atoms with Crippen molar-refractivity contribution in [1.29, 1.82) is 0 Å². The van der Waals surface area contributed by atoms with Crippen LogP contribution in [0.4, 0.5) is 20.7 Å². The van der Waals surface area contributed by atoms with Gasteiger partial charge in [0.15, 0.2) is 5.82 Å². The van der Waals surface area contributed by atoms with E-state index in [-0.39, 0.29) is 11.9 Å². The minimum Gasteiger partial charge on any atom is -0.370 e. The first-order valence-corrected chi connectivity index (χ1v) is 12.2. The molecule has 0 aliphatic carbocycles. The molecule has 0 atom stereocenters. The average Bonchev–Trinajstić information content (AvgIpc) is 3.22. The molecule has 1 fully saturated rings. The lowest BCUT2D eigenvalue weighted by Crippen LogP contribution is -2.40. The number of aryl methyl sites for hydroxylation is 2. The van der Waals surface area contributed by atoms with Crippen LogP contribution in [0.15, 0.2) is 48.8 Å². The van der Waals surface area contributed by atoms with E-state index < -0.39 is 6.03 Å². The number of benzene rings is 2. The highest BCUT2D eigenvalue weighted by atomic mass is 19.1. The van der Waals surface area contributed by atoms with Gasteiger partial charge < -0.3 is 10.6 Å². The number of hydrogen-bond acceptors (Lipinski definition) is 6. The molecule has 9 nitrogen and oxygen atoms in total. The standard InChI is InChI=1S/C27H30FN7O2/c1-16-10-18(12-19(28)11-16)22-14-30-24-5-4-17(13-21(24)25(22)35-8-6-20(29)7-9-35)23-15-34(2)32-26(23)31-27(36)33-37-3/h4-5,10-15,20H,6-9,29H2,1-3H3,(H2,31,32,33,36). The quantitative estimate of drug-likeness (QED) is 0.349. The Kier molecular flexibility index (Phi) is 6.77. The Hall–Kier alpha value is -4.02. The Morgan fingerprint density at radius 1 is 1.14 bits per heavy atom. The molecule has 0 unspecified atom stereocenters. The van der Waals surface area contributed by atoms with Gasteiger partial charge in [0.25, 0.3) is 0 Å². The first-order valence-electron chi connectivity index (χ1n) is 12.2. The summed E-state index contributed by atoms with van der Waals surface area (Å²) in [6.07, 6.45) is 5.41. The number of hydroxylamine groups is 1. The van der Waals surface area contributed by atoms with Crippen LogP contribution >= 0.6 is 0 Å². The van der Waals surface area contributed by atoms with Gasteiger partial charge in [0, 0.05) is 55.1 Å². The fraction of sp³-hybridized carbons (Fsp3) is 0.296. The van der Waals surface area contributed by atoms with Crippen molar-refractivity contribution in [3.63, 3.8) is 0 Å². The van der Waals surface area contributed by atoms with Crippen molar-refractivity contribution in [2.75, 3.05) is 30.4 Å². The summed E-state index contributed by atoms with van der Waals surface area (Å²) in [7, 11) is 3.15. The maximum Gasteiger partial charge on any atom is 0.344 e. The van der Waals surface area contributed by atoms with Gasteiger partial charge in [-0.2, -0.15) is 5.10 Å². The van der Waals surface area contributed by atoms with Crippen molar-refractivity contribution in [3.8, 4) is 22.3 Å². The number of nitrogens with two attached hydrogens (primary N) is 1. The number of anilines is 2. The largest absolute Gasteiger partial charge is 0.370 e. The van der Waals surface area contributed by atoms with Crippen LogP contribution in [0.1, 0.15) is 18.4 Å². The molecule has 0 spiro atoms. The number of carbonyl (C=O) groups excluding carboxylic acids is 1. The molecule has 0 saturated carbocycles. The van der Waals surface area contributed by atoms with Gasteiger partial charge in [0.05, 0.1) is 18.3 Å². The van der Waals surface area contributed by atoms with E-state index in [1.165, 1.54) is 13.2 Å². The highest BCUT2D eigenvalue weighted by molar-refractivity contribution is 6.02. The average molecular weight is 504 g/mol. The normalized spacial score (nSPS) is 14.2. The monoisotopic (exact) mass is 503 g/mol. The molecule has 1 saturated heterocycles. The first kappa shape index (κ1) is 24.7. The summed E-state index contributed by atoms with van der Waals surface area (Å²) in [6, 6.07) is 10.7. The van der Waals surface area contributed by atoms with Crippen LogP contribution < -0.4 is 21.4 Å². The number of nitrogens with one attached hydrogen (secondary N) is 2. The molecule has 5 rings (SSSR count). The molecule has 10 heteroatoms. The van der Waals surface area contributed by atoms with Crippen LogP contribution in [0.3, 0.4) is 0 Å². The summed E-state index contributed by atoms with van der Waals surface area (Å²) in [5.74, 6) is 0.114. The van der Waals surface area contributed by atoms with Crippen LogP contribution in [-0.4, -0.2) is 47.0 Å². The van der Waals surface area contributed by atoms with Crippen molar-refractivity contribution < 1.29 is 14.0 Å². The van der Waals surface area contributed by atoms with E-state index >= 15 is 0 Å². The van der Waals surface area contributed by atoms with Gasteiger partial charge >= 0.3 is 6.03 Å². The zero-order valence-electron chi connectivity index (χ0n) is 21.1. The zero-order valence-corrected chi connectivity index (χ0v) is 21.1.